The van der Waals surface area contributed by atoms with Gasteiger partial charge in [0.05, 0.1) is 28.7 Å². The van der Waals surface area contributed by atoms with Gasteiger partial charge >= 0.3 is 0 Å². The van der Waals surface area contributed by atoms with Crippen molar-refractivity contribution < 1.29 is 13.2 Å². The summed E-state index contributed by atoms with van der Waals surface area (Å²) in [6.45, 7) is 2.57. The van der Waals surface area contributed by atoms with Crippen molar-refractivity contribution >= 4 is 50.5 Å². The summed E-state index contributed by atoms with van der Waals surface area (Å²) in [5.41, 5.74) is 8.11. The molecule has 3 N–H and O–H groups in total. The predicted molar refractivity (Wildman–Crippen MR) is 152 cm³/mol. The Bertz CT molecular complexity index is 1530. The van der Waals surface area contributed by atoms with E-state index in [-0.39, 0.29) is 35.0 Å². The van der Waals surface area contributed by atoms with Crippen molar-refractivity contribution in [2.24, 2.45) is 5.73 Å². The van der Waals surface area contributed by atoms with Crippen molar-refractivity contribution in [3.8, 4) is 0 Å². The van der Waals surface area contributed by atoms with Gasteiger partial charge in [-0.2, -0.15) is 9.61 Å². The topological polar surface area (TPSA) is 129 Å². The molecule has 6 rings (SSSR count). The standard InChI is InChI=1S/C26H33ClN8O3S/c1-32-9-4-12-39(37,38)31-20-7-6-17(27)13-19(20)26(36)34-10-3-2-5-22(34)21-14-24-29-23(15-25(32)35(24)30-21)33-11-8-18(28)16-33/h6-7,13-15,18,22,31H,2-5,8-12,16,28H2,1H3. The first kappa shape index (κ1) is 26.1. The quantitative estimate of drug-likeness (QED) is 0.455. The normalized spacial score (nSPS) is 23.8. The van der Waals surface area contributed by atoms with E-state index in [0.29, 0.717) is 30.2 Å². The molecule has 1 amide bonds. The van der Waals surface area contributed by atoms with E-state index in [0.717, 1.165) is 56.1 Å². The summed E-state index contributed by atoms with van der Waals surface area (Å²) in [5, 5.41) is 5.34. The summed E-state index contributed by atoms with van der Waals surface area (Å²) in [6, 6.07) is 8.48. The third kappa shape index (κ3) is 5.12. The van der Waals surface area contributed by atoms with Crippen LogP contribution in [0.4, 0.5) is 17.3 Å². The molecule has 13 heteroatoms. The number of aromatic nitrogens is 3. The number of piperidine rings is 1. The molecule has 2 saturated heterocycles. The monoisotopic (exact) mass is 572 g/mol. The third-order valence-electron chi connectivity index (χ3n) is 7.84. The third-order valence-corrected chi connectivity index (χ3v) is 9.43. The SMILES string of the molecule is CN1CCCS(=O)(=O)Nc2ccc(Cl)cc2C(=O)N2CCCCC2c2cc3nc(N4CCC(N)C4)cc1n3n2. The predicted octanol–water partition coefficient (Wildman–Crippen LogP) is 2.87. The van der Waals surface area contributed by atoms with E-state index in [4.69, 9.17) is 27.4 Å². The number of halogens is 1. The number of carbonyl (C=O) groups excluding carboxylic acids is 1. The average Bonchev–Trinajstić information content (AvgIpc) is 3.54. The van der Waals surface area contributed by atoms with Gasteiger partial charge in [-0.1, -0.05) is 11.6 Å². The fourth-order valence-corrected chi connectivity index (χ4v) is 7.10. The smallest absolute Gasteiger partial charge is 0.256 e. The van der Waals surface area contributed by atoms with E-state index in [1.165, 1.54) is 6.07 Å². The summed E-state index contributed by atoms with van der Waals surface area (Å²) in [6.07, 6.45) is 3.82. The van der Waals surface area contributed by atoms with Crippen LogP contribution in [0, 0.1) is 0 Å². The van der Waals surface area contributed by atoms with Crippen LogP contribution in [0.2, 0.25) is 5.02 Å². The second-order valence-corrected chi connectivity index (χ2v) is 13.0. The van der Waals surface area contributed by atoms with Gasteiger partial charge in [-0.05, 0) is 50.3 Å². The minimum absolute atomic E-state index is 0.103. The highest BCUT2D eigenvalue weighted by molar-refractivity contribution is 7.92. The number of amides is 1. The molecule has 0 spiro atoms. The zero-order chi connectivity index (χ0) is 27.3. The summed E-state index contributed by atoms with van der Waals surface area (Å²) < 4.78 is 30.6. The molecule has 0 saturated carbocycles. The number of nitrogens with zero attached hydrogens (tertiary/aromatic N) is 6. The van der Waals surface area contributed by atoms with Gasteiger partial charge in [0, 0.05) is 56.4 Å². The van der Waals surface area contributed by atoms with E-state index in [9.17, 15) is 13.2 Å². The number of benzene rings is 1. The molecule has 2 fully saturated rings. The lowest BCUT2D eigenvalue weighted by molar-refractivity contribution is 0.0607. The van der Waals surface area contributed by atoms with Crippen LogP contribution in [-0.4, -0.2) is 78.8 Å². The van der Waals surface area contributed by atoms with Crippen LogP contribution in [0.15, 0.2) is 30.3 Å². The molecule has 2 atom stereocenters. The molecule has 3 aliphatic rings. The maximum absolute atomic E-state index is 14.0. The number of fused-ring (bicyclic) bond motifs is 4. The summed E-state index contributed by atoms with van der Waals surface area (Å²) >= 11 is 6.27. The van der Waals surface area contributed by atoms with Gasteiger partial charge in [-0.3, -0.25) is 9.52 Å². The summed E-state index contributed by atoms with van der Waals surface area (Å²) in [4.78, 5) is 24.9. The van der Waals surface area contributed by atoms with Crippen molar-refractivity contribution in [2.45, 2.75) is 44.2 Å². The fraction of sp³-hybridized carbons (Fsp3) is 0.500. The van der Waals surface area contributed by atoms with Crippen LogP contribution in [0.25, 0.3) is 5.65 Å². The van der Waals surface area contributed by atoms with E-state index in [1.807, 2.05) is 28.6 Å². The molecular weight excluding hydrogens is 540 g/mol. The van der Waals surface area contributed by atoms with E-state index in [2.05, 4.69) is 9.62 Å². The highest BCUT2D eigenvalue weighted by atomic mass is 35.5. The summed E-state index contributed by atoms with van der Waals surface area (Å²) in [7, 11) is -1.78. The van der Waals surface area contributed by atoms with Gasteiger partial charge in [-0.25, -0.2) is 13.4 Å². The Morgan fingerprint density at radius 1 is 1.08 bits per heavy atom. The van der Waals surface area contributed by atoms with Gasteiger partial charge in [-0.15, -0.1) is 0 Å². The zero-order valence-corrected chi connectivity index (χ0v) is 23.5. The molecule has 39 heavy (non-hydrogen) atoms. The maximum atomic E-state index is 14.0. The van der Waals surface area contributed by atoms with Gasteiger partial charge < -0.3 is 20.4 Å². The van der Waals surface area contributed by atoms with Crippen molar-refractivity contribution in [3.05, 3.63) is 46.6 Å². The number of hydrogen-bond donors (Lipinski definition) is 2. The van der Waals surface area contributed by atoms with Crippen LogP contribution >= 0.6 is 11.6 Å². The van der Waals surface area contributed by atoms with Crippen molar-refractivity contribution in [3.63, 3.8) is 0 Å². The number of nitrogens with one attached hydrogen (secondary N) is 1. The number of anilines is 3. The molecule has 3 aromatic rings. The van der Waals surface area contributed by atoms with Gasteiger partial charge in [0.15, 0.2) is 5.65 Å². The molecule has 2 aromatic heterocycles. The molecule has 0 aliphatic carbocycles. The first-order valence-electron chi connectivity index (χ1n) is 13.4. The molecule has 1 aromatic carbocycles. The number of rotatable bonds is 1. The number of hydrogen-bond acceptors (Lipinski definition) is 8. The minimum Gasteiger partial charge on any atom is -0.359 e. The highest BCUT2D eigenvalue weighted by Gasteiger charge is 2.33. The van der Waals surface area contributed by atoms with Gasteiger partial charge in [0.25, 0.3) is 5.91 Å². The van der Waals surface area contributed by atoms with Gasteiger partial charge in [0.1, 0.15) is 11.6 Å². The molecular formula is C26H33ClN8O3S. The maximum Gasteiger partial charge on any atom is 0.256 e. The summed E-state index contributed by atoms with van der Waals surface area (Å²) in [5.74, 6) is 1.25. The molecule has 2 unspecified atom stereocenters. The Balaban J connectivity index is 1.49. The number of nitrogens with two attached hydrogens (primary N) is 1. The van der Waals surface area contributed by atoms with Gasteiger partial charge in [0.2, 0.25) is 10.0 Å². The highest BCUT2D eigenvalue weighted by Crippen LogP contribution is 2.35. The van der Waals surface area contributed by atoms with Crippen LogP contribution in [0.5, 0.6) is 0 Å². The minimum atomic E-state index is -3.71. The fourth-order valence-electron chi connectivity index (χ4n) is 5.80. The van der Waals surface area contributed by atoms with Crippen LogP contribution in [0.3, 0.4) is 0 Å². The lowest BCUT2D eigenvalue weighted by Gasteiger charge is -2.35. The number of carbonyl (C=O) groups is 1. The van der Waals surface area contributed by atoms with E-state index < -0.39 is 10.0 Å². The molecule has 3 aliphatic heterocycles. The molecule has 5 heterocycles. The van der Waals surface area contributed by atoms with Crippen LogP contribution in [-0.2, 0) is 10.0 Å². The van der Waals surface area contributed by atoms with Crippen LogP contribution < -0.4 is 20.3 Å². The van der Waals surface area contributed by atoms with E-state index in [1.54, 1.807) is 17.0 Å². The Hall–Kier alpha value is -3.09. The Kier molecular flexibility index (Phi) is 6.80. The molecule has 11 nitrogen and oxygen atoms in total. The number of sulfonamides is 1. The molecule has 208 valence electrons. The first-order chi connectivity index (χ1) is 18.7. The molecule has 2 bridgehead atoms. The largest absolute Gasteiger partial charge is 0.359 e. The zero-order valence-electron chi connectivity index (χ0n) is 21.9. The molecule has 0 radical (unpaired) electrons. The Labute approximate surface area is 233 Å². The Morgan fingerprint density at radius 2 is 1.92 bits per heavy atom. The van der Waals surface area contributed by atoms with Crippen LogP contribution in [0.1, 0.15) is 54.2 Å². The second-order valence-electron chi connectivity index (χ2n) is 10.7. The average molecular weight is 573 g/mol. The van der Waals surface area contributed by atoms with E-state index >= 15 is 0 Å². The van der Waals surface area contributed by atoms with Crippen molar-refractivity contribution in [1.29, 1.82) is 0 Å². The Morgan fingerprint density at radius 3 is 2.72 bits per heavy atom. The lowest BCUT2D eigenvalue weighted by Crippen LogP contribution is -2.39. The lowest BCUT2D eigenvalue weighted by atomic mass is 9.98. The first-order valence-corrected chi connectivity index (χ1v) is 15.4. The van der Waals surface area contributed by atoms with Crippen molar-refractivity contribution in [2.75, 3.05) is 53.5 Å². The second kappa shape index (κ2) is 10.1. The van der Waals surface area contributed by atoms with Crippen molar-refractivity contribution in [1.82, 2.24) is 19.5 Å².